The van der Waals surface area contributed by atoms with Crippen LogP contribution in [0.15, 0.2) is 24.4 Å². The van der Waals surface area contributed by atoms with Gasteiger partial charge in [0.1, 0.15) is 17.5 Å². The molecule has 0 unspecified atom stereocenters. The summed E-state index contributed by atoms with van der Waals surface area (Å²) >= 11 is 0. The Bertz CT molecular complexity index is 1160. The van der Waals surface area contributed by atoms with Crippen LogP contribution in [0.25, 0.3) is 0 Å². The molecule has 198 valence electrons. The first-order valence-corrected chi connectivity index (χ1v) is 13.3. The lowest BCUT2D eigenvalue weighted by Gasteiger charge is -2.43. The number of hydrogen-bond donors (Lipinski definition) is 2. The van der Waals surface area contributed by atoms with Gasteiger partial charge in [0.25, 0.3) is 5.91 Å². The molecule has 2 aliphatic heterocycles. The van der Waals surface area contributed by atoms with Crippen molar-refractivity contribution < 1.29 is 14.0 Å². The highest BCUT2D eigenvalue weighted by Gasteiger charge is 2.41. The van der Waals surface area contributed by atoms with E-state index in [1.165, 1.54) is 12.1 Å². The summed E-state index contributed by atoms with van der Waals surface area (Å²) in [6.45, 7) is 3.85. The van der Waals surface area contributed by atoms with E-state index in [2.05, 4.69) is 32.5 Å². The quantitative estimate of drug-likeness (QED) is 0.614. The van der Waals surface area contributed by atoms with Crippen LogP contribution in [0.3, 0.4) is 0 Å². The van der Waals surface area contributed by atoms with Gasteiger partial charge in [-0.1, -0.05) is 19.8 Å². The number of hydrogen-bond acceptors (Lipinski definition) is 7. The molecule has 10 heteroatoms. The largest absolute Gasteiger partial charge is 0.349 e. The van der Waals surface area contributed by atoms with Crippen LogP contribution in [0.4, 0.5) is 27.5 Å². The second-order valence-corrected chi connectivity index (χ2v) is 10.4. The lowest BCUT2D eigenvalue weighted by Crippen LogP contribution is -2.55. The van der Waals surface area contributed by atoms with Gasteiger partial charge < -0.3 is 25.3 Å². The van der Waals surface area contributed by atoms with Crippen LogP contribution in [0.2, 0.25) is 0 Å². The second-order valence-electron chi connectivity index (χ2n) is 10.4. The molecule has 9 nitrogen and oxygen atoms in total. The van der Waals surface area contributed by atoms with Gasteiger partial charge in [-0.15, -0.1) is 0 Å². The number of piperidine rings is 1. The molecule has 2 amide bonds. The SMILES string of the molecule is CC[C@@H]1C(=O)N(C)c2cnc(Nc3ccc(C(=O)NC4CCN(C)CC4)c(F)c3)nc2N1C1CCCC1. The highest BCUT2D eigenvalue weighted by molar-refractivity contribution is 6.04. The number of fused-ring (bicyclic) bond motifs is 1. The molecule has 5 rings (SSSR count). The number of halogens is 1. The smallest absolute Gasteiger partial charge is 0.254 e. The zero-order valence-corrected chi connectivity index (χ0v) is 21.8. The molecule has 2 fully saturated rings. The zero-order chi connectivity index (χ0) is 26.1. The van der Waals surface area contributed by atoms with E-state index in [9.17, 15) is 14.0 Å². The predicted octanol–water partition coefficient (Wildman–Crippen LogP) is 3.69. The van der Waals surface area contributed by atoms with Crippen molar-refractivity contribution in [2.75, 3.05) is 42.3 Å². The third-order valence-corrected chi connectivity index (χ3v) is 7.94. The molecule has 1 saturated heterocycles. The normalized spacial score (nSPS) is 21.3. The lowest BCUT2D eigenvalue weighted by molar-refractivity contribution is -0.120. The average Bonchev–Trinajstić information content (AvgIpc) is 3.42. The molecule has 1 aromatic carbocycles. The van der Waals surface area contributed by atoms with E-state index in [-0.39, 0.29) is 29.6 Å². The van der Waals surface area contributed by atoms with Crippen LogP contribution in [0.1, 0.15) is 62.2 Å². The highest BCUT2D eigenvalue weighted by Crippen LogP contribution is 2.40. The van der Waals surface area contributed by atoms with Crippen LogP contribution in [0.5, 0.6) is 0 Å². The first-order chi connectivity index (χ1) is 17.9. The van der Waals surface area contributed by atoms with Crippen molar-refractivity contribution in [2.24, 2.45) is 0 Å². The molecule has 3 heterocycles. The number of carbonyl (C=O) groups is 2. The van der Waals surface area contributed by atoms with Crippen LogP contribution in [0, 0.1) is 5.82 Å². The maximum Gasteiger partial charge on any atom is 0.254 e. The van der Waals surface area contributed by atoms with Gasteiger partial charge in [0.05, 0.1) is 11.8 Å². The molecule has 0 bridgehead atoms. The van der Waals surface area contributed by atoms with Crippen LogP contribution >= 0.6 is 0 Å². The van der Waals surface area contributed by atoms with E-state index in [0.29, 0.717) is 23.7 Å². The number of benzene rings is 1. The average molecular weight is 510 g/mol. The van der Waals surface area contributed by atoms with Crippen molar-refractivity contribution in [3.63, 3.8) is 0 Å². The molecule has 0 spiro atoms. The van der Waals surface area contributed by atoms with Gasteiger partial charge in [-0.2, -0.15) is 4.98 Å². The molecule has 2 aromatic rings. The minimum Gasteiger partial charge on any atom is -0.349 e. The van der Waals surface area contributed by atoms with Gasteiger partial charge in [0.15, 0.2) is 5.82 Å². The monoisotopic (exact) mass is 509 g/mol. The van der Waals surface area contributed by atoms with Gasteiger partial charge >= 0.3 is 0 Å². The molecule has 1 aliphatic carbocycles. The maximum atomic E-state index is 14.9. The molecule has 2 N–H and O–H groups in total. The Hall–Kier alpha value is -3.27. The van der Waals surface area contributed by atoms with E-state index >= 15 is 0 Å². The van der Waals surface area contributed by atoms with Crippen molar-refractivity contribution in [3.8, 4) is 0 Å². The Morgan fingerprint density at radius 3 is 2.54 bits per heavy atom. The van der Waals surface area contributed by atoms with E-state index in [1.807, 2.05) is 6.92 Å². The molecule has 3 aliphatic rings. The predicted molar refractivity (Wildman–Crippen MR) is 142 cm³/mol. The van der Waals surface area contributed by atoms with Crippen molar-refractivity contribution in [1.29, 1.82) is 0 Å². The number of likely N-dealkylation sites (N-methyl/N-ethyl adjacent to an activating group) is 1. The summed E-state index contributed by atoms with van der Waals surface area (Å²) in [6.07, 6.45) is 8.41. The van der Waals surface area contributed by atoms with Crippen molar-refractivity contribution in [2.45, 2.75) is 70.0 Å². The van der Waals surface area contributed by atoms with E-state index in [0.717, 1.165) is 57.4 Å². The molecule has 1 aromatic heterocycles. The van der Waals surface area contributed by atoms with Gasteiger partial charge in [-0.3, -0.25) is 9.59 Å². The first-order valence-electron chi connectivity index (χ1n) is 13.3. The topological polar surface area (TPSA) is 93.7 Å². The van der Waals surface area contributed by atoms with Gasteiger partial charge in [-0.25, -0.2) is 9.37 Å². The minimum absolute atomic E-state index is 0.0224. The van der Waals surface area contributed by atoms with Gasteiger partial charge in [-0.05, 0) is 70.4 Å². The number of carbonyl (C=O) groups excluding carboxylic acids is 2. The Morgan fingerprint density at radius 1 is 1.14 bits per heavy atom. The summed E-state index contributed by atoms with van der Waals surface area (Å²) in [5.74, 6) is 0.115. The number of rotatable bonds is 6. The number of aromatic nitrogens is 2. The van der Waals surface area contributed by atoms with Crippen LogP contribution < -0.4 is 20.4 Å². The molecule has 0 radical (unpaired) electrons. The minimum atomic E-state index is -0.600. The first kappa shape index (κ1) is 25.4. The number of anilines is 4. The van der Waals surface area contributed by atoms with Gasteiger partial charge in [0.2, 0.25) is 11.9 Å². The molecule has 37 heavy (non-hydrogen) atoms. The maximum absolute atomic E-state index is 14.9. The number of nitrogens with one attached hydrogen (secondary N) is 2. The Labute approximate surface area is 217 Å². The van der Waals surface area contributed by atoms with Crippen LogP contribution in [-0.2, 0) is 4.79 Å². The van der Waals surface area contributed by atoms with Crippen molar-refractivity contribution in [3.05, 3.63) is 35.8 Å². The summed E-state index contributed by atoms with van der Waals surface area (Å²) in [5.41, 5.74) is 1.15. The van der Waals surface area contributed by atoms with E-state index in [4.69, 9.17) is 4.98 Å². The van der Waals surface area contributed by atoms with Crippen LogP contribution in [-0.4, -0.2) is 72.0 Å². The zero-order valence-electron chi connectivity index (χ0n) is 21.8. The molecular weight excluding hydrogens is 473 g/mol. The molecule has 1 atom stereocenters. The van der Waals surface area contributed by atoms with E-state index < -0.39 is 11.7 Å². The fourth-order valence-electron chi connectivity index (χ4n) is 5.77. The Kier molecular flexibility index (Phi) is 7.28. The summed E-state index contributed by atoms with van der Waals surface area (Å²) in [6, 6.07) is 4.52. The Morgan fingerprint density at radius 2 is 1.86 bits per heavy atom. The fraction of sp³-hybridized carbons (Fsp3) is 0.556. The highest BCUT2D eigenvalue weighted by atomic mass is 19.1. The van der Waals surface area contributed by atoms with Crippen molar-refractivity contribution >= 4 is 35.0 Å². The summed E-state index contributed by atoms with van der Waals surface area (Å²) in [4.78, 5) is 41.0. The fourth-order valence-corrected chi connectivity index (χ4v) is 5.77. The third kappa shape index (κ3) is 5.12. The third-order valence-electron chi connectivity index (χ3n) is 7.94. The standard InChI is InChI=1S/C27H36FN7O2/c1-4-22-26(37)34(3)23-16-29-27(32-24(23)35(22)19-7-5-6-8-19)31-18-9-10-20(21(28)15-18)25(36)30-17-11-13-33(2)14-12-17/h9-10,15-17,19,22H,4-8,11-14H2,1-3H3,(H,30,36)(H,29,31,32)/t22-/m1/s1. The number of amides is 2. The summed E-state index contributed by atoms with van der Waals surface area (Å²) < 4.78 is 14.9. The van der Waals surface area contributed by atoms with Gasteiger partial charge in [0, 0.05) is 24.8 Å². The number of nitrogens with zero attached hydrogens (tertiary/aromatic N) is 5. The van der Waals surface area contributed by atoms with Crippen molar-refractivity contribution in [1.82, 2.24) is 20.2 Å². The lowest BCUT2D eigenvalue weighted by atomic mass is 10.0. The summed E-state index contributed by atoms with van der Waals surface area (Å²) in [5, 5.41) is 6.05. The Balaban J connectivity index is 1.35. The second kappa shape index (κ2) is 10.6. The number of likely N-dealkylation sites (tertiary alicyclic amines) is 1. The molecule has 1 saturated carbocycles. The summed E-state index contributed by atoms with van der Waals surface area (Å²) in [7, 11) is 3.82. The van der Waals surface area contributed by atoms with E-state index in [1.54, 1.807) is 24.2 Å². The molecular formula is C27H36FN7O2.